The summed E-state index contributed by atoms with van der Waals surface area (Å²) in [7, 11) is 1.76. The lowest BCUT2D eigenvalue weighted by molar-refractivity contribution is -0.135. The first-order valence-corrected chi connectivity index (χ1v) is 6.31. The summed E-state index contributed by atoms with van der Waals surface area (Å²) in [6, 6.07) is 6.90. The molecule has 0 fully saturated rings. The number of ether oxygens (including phenoxy) is 2. The van der Waals surface area contributed by atoms with E-state index in [1.54, 1.807) is 43.1 Å². The molecule has 1 aromatic rings. The van der Waals surface area contributed by atoms with Crippen LogP contribution < -0.4 is 9.47 Å². The largest absolute Gasteiger partial charge is 0.494 e. The van der Waals surface area contributed by atoms with Crippen molar-refractivity contribution in [2.75, 3.05) is 26.7 Å². The quantitative estimate of drug-likeness (QED) is 0.596. The molecule has 0 amide bonds. The van der Waals surface area contributed by atoms with Gasteiger partial charge in [-0.2, -0.15) is 0 Å². The average molecular weight is 267 g/mol. The second-order valence-electron chi connectivity index (χ2n) is 4.42. The van der Waals surface area contributed by atoms with Gasteiger partial charge in [-0.05, 0) is 45.2 Å². The molecule has 0 bridgehead atoms. The van der Waals surface area contributed by atoms with E-state index in [1.165, 1.54) is 0 Å². The zero-order valence-electron chi connectivity index (χ0n) is 11.6. The third-order valence-electron chi connectivity index (χ3n) is 2.34. The Kier molecular flexibility index (Phi) is 6.32. The summed E-state index contributed by atoms with van der Waals surface area (Å²) < 4.78 is 10.5. The molecule has 0 spiro atoms. The summed E-state index contributed by atoms with van der Waals surface area (Å²) in [5.74, 6) is 0.875. The van der Waals surface area contributed by atoms with Gasteiger partial charge in [0.25, 0.3) is 0 Å². The Morgan fingerprint density at radius 2 is 1.89 bits per heavy atom. The second kappa shape index (κ2) is 7.76. The van der Waals surface area contributed by atoms with Crippen LogP contribution in [0.2, 0.25) is 0 Å². The Morgan fingerprint density at radius 3 is 2.42 bits per heavy atom. The Morgan fingerprint density at radius 1 is 1.32 bits per heavy atom. The van der Waals surface area contributed by atoms with Crippen molar-refractivity contribution in [3.63, 3.8) is 0 Å². The van der Waals surface area contributed by atoms with E-state index in [4.69, 9.17) is 9.47 Å². The zero-order valence-corrected chi connectivity index (χ0v) is 11.6. The Labute approximate surface area is 113 Å². The van der Waals surface area contributed by atoms with Crippen LogP contribution in [0.15, 0.2) is 24.3 Å². The van der Waals surface area contributed by atoms with E-state index in [2.05, 4.69) is 0 Å². The molecule has 0 aromatic heterocycles. The molecule has 0 radical (unpaired) electrons. The number of rotatable bonds is 7. The molecule has 1 N–H and O–H groups in total. The van der Waals surface area contributed by atoms with Crippen LogP contribution in [0.5, 0.6) is 11.5 Å². The van der Waals surface area contributed by atoms with E-state index < -0.39 is 6.10 Å². The van der Waals surface area contributed by atoms with Crippen LogP contribution in [-0.2, 0) is 4.79 Å². The molecule has 0 aliphatic heterocycles. The number of hydrogen-bond acceptors (Lipinski definition) is 5. The highest BCUT2D eigenvalue weighted by molar-refractivity contribution is 5.74. The molecule has 0 saturated heterocycles. The Balaban J connectivity index is 2.43. The highest BCUT2D eigenvalue weighted by Gasteiger charge is 2.10. The predicted octanol–water partition coefficient (Wildman–Crippen LogP) is 1.30. The van der Waals surface area contributed by atoms with E-state index in [0.717, 1.165) is 5.75 Å². The monoisotopic (exact) mass is 267 g/mol. The molecule has 1 unspecified atom stereocenters. The lowest BCUT2D eigenvalue weighted by Gasteiger charge is -2.17. The van der Waals surface area contributed by atoms with Crippen molar-refractivity contribution < 1.29 is 19.4 Å². The van der Waals surface area contributed by atoms with Crippen LogP contribution in [-0.4, -0.2) is 48.8 Å². The summed E-state index contributed by atoms with van der Waals surface area (Å²) in [6.07, 6.45) is -0.469. The molecule has 5 heteroatoms. The minimum atomic E-state index is -0.469. The van der Waals surface area contributed by atoms with Crippen molar-refractivity contribution in [3.8, 4) is 11.5 Å². The first-order valence-electron chi connectivity index (χ1n) is 6.31. The van der Waals surface area contributed by atoms with Crippen molar-refractivity contribution in [2.45, 2.75) is 20.0 Å². The molecule has 0 heterocycles. The summed E-state index contributed by atoms with van der Waals surface area (Å²) in [4.78, 5) is 13.3. The molecular weight excluding hydrogens is 246 g/mol. The minimum absolute atomic E-state index is 0.137. The van der Waals surface area contributed by atoms with Gasteiger partial charge in [-0.15, -0.1) is 0 Å². The number of esters is 1. The van der Waals surface area contributed by atoms with E-state index in [1.807, 2.05) is 6.92 Å². The molecule has 1 aromatic carbocycles. The molecule has 1 rings (SSSR count). The number of hydrogen-bond donors (Lipinski definition) is 1. The van der Waals surface area contributed by atoms with Gasteiger partial charge in [-0.1, -0.05) is 0 Å². The maximum atomic E-state index is 11.6. The number of aliphatic hydroxyl groups excluding tert-OH is 1. The van der Waals surface area contributed by atoms with Crippen molar-refractivity contribution in [2.24, 2.45) is 0 Å². The van der Waals surface area contributed by atoms with Crippen LogP contribution in [0, 0.1) is 0 Å². The smallest absolute Gasteiger partial charge is 0.325 e. The Hall–Kier alpha value is -1.59. The van der Waals surface area contributed by atoms with Gasteiger partial charge in [0, 0.05) is 6.54 Å². The number of likely N-dealkylation sites (N-methyl/N-ethyl adjacent to an activating group) is 1. The number of carbonyl (C=O) groups is 1. The van der Waals surface area contributed by atoms with Crippen LogP contribution >= 0.6 is 0 Å². The fourth-order valence-electron chi connectivity index (χ4n) is 1.67. The minimum Gasteiger partial charge on any atom is -0.494 e. The number of benzene rings is 1. The predicted molar refractivity (Wildman–Crippen MR) is 72.4 cm³/mol. The van der Waals surface area contributed by atoms with Crippen molar-refractivity contribution in [1.82, 2.24) is 4.90 Å². The number of carbonyl (C=O) groups excluding carboxylic acids is 1. The van der Waals surface area contributed by atoms with Gasteiger partial charge in [0.15, 0.2) is 0 Å². The number of aliphatic hydroxyl groups is 1. The van der Waals surface area contributed by atoms with Gasteiger partial charge < -0.3 is 14.6 Å². The van der Waals surface area contributed by atoms with Gasteiger partial charge in [0.05, 0.1) is 19.3 Å². The lowest BCUT2D eigenvalue weighted by Crippen LogP contribution is -2.33. The molecular formula is C14H21NO4. The standard InChI is InChI=1S/C14H21NO4/c1-4-18-12-5-7-13(8-6-12)19-14(17)10-15(3)9-11(2)16/h5-8,11,16H,4,9-10H2,1-3H3. The fourth-order valence-corrected chi connectivity index (χ4v) is 1.67. The molecule has 5 nitrogen and oxygen atoms in total. The van der Waals surface area contributed by atoms with Crippen LogP contribution in [0.3, 0.4) is 0 Å². The summed E-state index contributed by atoms with van der Waals surface area (Å²) in [5, 5.41) is 9.20. The topological polar surface area (TPSA) is 59.0 Å². The highest BCUT2D eigenvalue weighted by Crippen LogP contribution is 2.17. The van der Waals surface area contributed by atoms with Crippen LogP contribution in [0.4, 0.5) is 0 Å². The van der Waals surface area contributed by atoms with Crippen LogP contribution in [0.1, 0.15) is 13.8 Å². The molecule has 106 valence electrons. The number of nitrogens with zero attached hydrogens (tertiary/aromatic N) is 1. The Bertz CT molecular complexity index is 389. The first-order chi connectivity index (χ1) is 9.01. The molecule has 0 aliphatic carbocycles. The summed E-state index contributed by atoms with van der Waals surface area (Å²) in [5.41, 5.74) is 0. The van der Waals surface area contributed by atoms with Crippen LogP contribution in [0.25, 0.3) is 0 Å². The maximum absolute atomic E-state index is 11.6. The highest BCUT2D eigenvalue weighted by atomic mass is 16.5. The molecule has 0 aliphatic rings. The SMILES string of the molecule is CCOc1ccc(OC(=O)CN(C)CC(C)O)cc1. The normalized spacial score (nSPS) is 12.3. The zero-order chi connectivity index (χ0) is 14.3. The van der Waals surface area contributed by atoms with E-state index in [0.29, 0.717) is 18.9 Å². The molecule has 1 atom stereocenters. The molecule has 19 heavy (non-hydrogen) atoms. The third-order valence-corrected chi connectivity index (χ3v) is 2.34. The van der Waals surface area contributed by atoms with Gasteiger partial charge in [-0.25, -0.2) is 0 Å². The van der Waals surface area contributed by atoms with E-state index >= 15 is 0 Å². The molecule has 0 saturated carbocycles. The summed E-state index contributed by atoms with van der Waals surface area (Å²) in [6.45, 7) is 4.75. The van der Waals surface area contributed by atoms with Gasteiger partial charge in [-0.3, -0.25) is 9.69 Å². The van der Waals surface area contributed by atoms with E-state index in [9.17, 15) is 9.90 Å². The van der Waals surface area contributed by atoms with Gasteiger partial charge in [0.2, 0.25) is 0 Å². The summed E-state index contributed by atoms with van der Waals surface area (Å²) >= 11 is 0. The van der Waals surface area contributed by atoms with Crippen molar-refractivity contribution in [1.29, 1.82) is 0 Å². The lowest BCUT2D eigenvalue weighted by atomic mass is 10.3. The van der Waals surface area contributed by atoms with Crippen molar-refractivity contribution >= 4 is 5.97 Å². The van der Waals surface area contributed by atoms with E-state index in [-0.39, 0.29) is 12.5 Å². The first kappa shape index (κ1) is 15.5. The maximum Gasteiger partial charge on any atom is 0.325 e. The van der Waals surface area contributed by atoms with Gasteiger partial charge >= 0.3 is 5.97 Å². The second-order valence-corrected chi connectivity index (χ2v) is 4.42. The average Bonchev–Trinajstić information content (AvgIpc) is 2.30. The van der Waals surface area contributed by atoms with Gasteiger partial charge in [0.1, 0.15) is 11.5 Å². The fraction of sp³-hybridized carbons (Fsp3) is 0.500. The van der Waals surface area contributed by atoms with Crippen molar-refractivity contribution in [3.05, 3.63) is 24.3 Å². The third kappa shape index (κ3) is 6.22.